The van der Waals surface area contributed by atoms with Gasteiger partial charge in [-0.2, -0.15) is 0 Å². The van der Waals surface area contributed by atoms with E-state index in [0.717, 1.165) is 32.1 Å². The number of carbonyl (C=O) groups excluding carboxylic acids is 1. The van der Waals surface area contributed by atoms with E-state index in [2.05, 4.69) is 31.2 Å². The third-order valence-electron chi connectivity index (χ3n) is 3.39. The van der Waals surface area contributed by atoms with E-state index < -0.39 is 12.1 Å². The molecular formula is C18H31NaO3. The van der Waals surface area contributed by atoms with Gasteiger partial charge in [0.05, 0.1) is 6.10 Å². The molecular weight excluding hydrogens is 287 g/mol. The summed E-state index contributed by atoms with van der Waals surface area (Å²) in [7, 11) is 0. The summed E-state index contributed by atoms with van der Waals surface area (Å²) in [6, 6.07) is 0. The van der Waals surface area contributed by atoms with Crippen molar-refractivity contribution < 1.29 is 44.6 Å². The second-order valence-electron chi connectivity index (χ2n) is 5.54. The zero-order chi connectivity index (χ0) is 15.8. The first-order valence-electron chi connectivity index (χ1n) is 8.34. The minimum absolute atomic E-state index is 0. The summed E-state index contributed by atoms with van der Waals surface area (Å²) in [6.45, 7) is 2.22. The zero-order valence-electron chi connectivity index (χ0n) is 14.4. The van der Waals surface area contributed by atoms with Gasteiger partial charge in [0.2, 0.25) is 0 Å². The monoisotopic (exact) mass is 318 g/mol. The molecule has 0 amide bonds. The fourth-order valence-corrected chi connectivity index (χ4v) is 2.13. The number of carboxylic acids is 1. The molecule has 0 bridgehead atoms. The van der Waals surface area contributed by atoms with Crippen molar-refractivity contribution in [2.24, 2.45) is 0 Å². The Morgan fingerprint density at radius 2 is 1.59 bits per heavy atom. The number of carboxylic acid groups (broad SMARTS) is 1. The first-order valence-corrected chi connectivity index (χ1v) is 8.34. The van der Waals surface area contributed by atoms with E-state index >= 15 is 0 Å². The van der Waals surface area contributed by atoms with Crippen LogP contribution in [0.5, 0.6) is 0 Å². The topological polar surface area (TPSA) is 60.4 Å². The summed E-state index contributed by atoms with van der Waals surface area (Å²) in [6.07, 6.45) is 18.6. The van der Waals surface area contributed by atoms with Gasteiger partial charge in [-0.05, 0) is 38.5 Å². The van der Waals surface area contributed by atoms with E-state index in [0.29, 0.717) is 6.42 Å². The van der Waals surface area contributed by atoms with Crippen LogP contribution in [0.1, 0.15) is 77.6 Å². The second kappa shape index (κ2) is 19.0. The van der Waals surface area contributed by atoms with Gasteiger partial charge in [-0.3, -0.25) is 0 Å². The van der Waals surface area contributed by atoms with Gasteiger partial charge in [0.1, 0.15) is 0 Å². The Morgan fingerprint density at radius 1 is 1.00 bits per heavy atom. The van der Waals surface area contributed by atoms with Crippen LogP contribution >= 0.6 is 0 Å². The van der Waals surface area contributed by atoms with Crippen molar-refractivity contribution in [1.82, 2.24) is 0 Å². The average Bonchev–Trinajstić information content (AvgIpc) is 2.43. The van der Waals surface area contributed by atoms with Crippen molar-refractivity contribution in [3.8, 4) is 0 Å². The minimum atomic E-state index is -1.17. The van der Waals surface area contributed by atoms with E-state index in [4.69, 9.17) is 0 Å². The summed E-state index contributed by atoms with van der Waals surface area (Å²) in [4.78, 5) is 10.3. The van der Waals surface area contributed by atoms with Crippen LogP contribution in [0.3, 0.4) is 0 Å². The Balaban J connectivity index is 0. The molecule has 3 nitrogen and oxygen atoms in total. The molecule has 1 unspecified atom stereocenters. The predicted molar refractivity (Wildman–Crippen MR) is 85.8 cm³/mol. The van der Waals surface area contributed by atoms with E-state index in [1.165, 1.54) is 25.7 Å². The van der Waals surface area contributed by atoms with E-state index in [9.17, 15) is 15.0 Å². The molecule has 0 aliphatic heterocycles. The summed E-state index contributed by atoms with van der Waals surface area (Å²) < 4.78 is 0. The number of aliphatic hydroxyl groups is 1. The summed E-state index contributed by atoms with van der Waals surface area (Å²) in [5.74, 6) is -1.17. The minimum Gasteiger partial charge on any atom is -0.550 e. The fraction of sp³-hybridized carbons (Fsp3) is 0.722. The van der Waals surface area contributed by atoms with Crippen LogP contribution in [-0.4, -0.2) is 17.2 Å². The first kappa shape index (κ1) is 24.2. The van der Waals surface area contributed by atoms with E-state index in [1.54, 1.807) is 0 Å². The van der Waals surface area contributed by atoms with Gasteiger partial charge in [0.25, 0.3) is 0 Å². The van der Waals surface area contributed by atoms with Crippen LogP contribution in [0.2, 0.25) is 0 Å². The summed E-state index contributed by atoms with van der Waals surface area (Å²) in [5.41, 5.74) is 0. The molecule has 122 valence electrons. The number of carbonyl (C=O) groups is 1. The molecule has 0 aliphatic carbocycles. The zero-order valence-corrected chi connectivity index (χ0v) is 16.4. The number of aliphatic carboxylic acids is 1. The van der Waals surface area contributed by atoms with Gasteiger partial charge in [0.15, 0.2) is 0 Å². The standard InChI is InChI=1S/C18H32O3.Na/c1-2-3-4-5-6-7-8-9-10-11-12-13-14-15-17(19)16-18(20)21;/h6-7,9-10,17,19H,2-5,8,11-16H2,1H3,(H,20,21);/q;+1/p-1/b7-6-,10-9-;. The van der Waals surface area contributed by atoms with Crippen molar-refractivity contribution in [2.45, 2.75) is 83.7 Å². The molecule has 4 heteroatoms. The van der Waals surface area contributed by atoms with Gasteiger partial charge >= 0.3 is 29.6 Å². The van der Waals surface area contributed by atoms with E-state index in [-0.39, 0.29) is 36.0 Å². The molecule has 0 spiro atoms. The van der Waals surface area contributed by atoms with Crippen molar-refractivity contribution >= 4 is 5.97 Å². The van der Waals surface area contributed by atoms with Gasteiger partial charge in [-0.15, -0.1) is 0 Å². The first-order chi connectivity index (χ1) is 10.2. The Bertz CT molecular complexity index is 301. The number of rotatable bonds is 14. The molecule has 0 aliphatic rings. The summed E-state index contributed by atoms with van der Waals surface area (Å²) in [5, 5.41) is 19.6. The maximum absolute atomic E-state index is 10.3. The van der Waals surface area contributed by atoms with Gasteiger partial charge in [-0.1, -0.05) is 56.9 Å². The molecule has 0 heterocycles. The molecule has 0 fully saturated rings. The number of allylic oxidation sites excluding steroid dienone is 4. The largest absolute Gasteiger partial charge is 1.00 e. The Labute approximate surface area is 158 Å². The second-order valence-corrected chi connectivity index (χ2v) is 5.54. The van der Waals surface area contributed by atoms with Crippen LogP contribution in [0, 0.1) is 0 Å². The van der Waals surface area contributed by atoms with Gasteiger partial charge in [0, 0.05) is 12.4 Å². The van der Waals surface area contributed by atoms with Crippen LogP contribution in [0.4, 0.5) is 0 Å². The number of hydrogen-bond donors (Lipinski definition) is 1. The maximum atomic E-state index is 10.3. The normalized spacial score (nSPS) is 12.6. The van der Waals surface area contributed by atoms with Gasteiger partial charge < -0.3 is 15.0 Å². The number of hydrogen-bond acceptors (Lipinski definition) is 3. The average molecular weight is 318 g/mol. The van der Waals surface area contributed by atoms with Crippen molar-refractivity contribution in [3.05, 3.63) is 24.3 Å². The van der Waals surface area contributed by atoms with Crippen molar-refractivity contribution in [1.29, 1.82) is 0 Å². The van der Waals surface area contributed by atoms with Crippen molar-refractivity contribution in [2.75, 3.05) is 0 Å². The number of aliphatic hydroxyl groups excluding tert-OH is 1. The molecule has 0 aromatic carbocycles. The van der Waals surface area contributed by atoms with Crippen molar-refractivity contribution in [3.63, 3.8) is 0 Å². The number of unbranched alkanes of at least 4 members (excludes halogenated alkanes) is 6. The summed E-state index contributed by atoms with van der Waals surface area (Å²) >= 11 is 0. The molecule has 0 radical (unpaired) electrons. The maximum Gasteiger partial charge on any atom is 1.00 e. The Hall–Kier alpha value is -0.0900. The quantitative estimate of drug-likeness (QED) is 0.289. The molecule has 0 aromatic heterocycles. The molecule has 1 atom stereocenters. The fourth-order valence-electron chi connectivity index (χ4n) is 2.13. The third-order valence-corrected chi connectivity index (χ3v) is 3.39. The molecule has 1 N–H and O–H groups in total. The Morgan fingerprint density at radius 3 is 2.14 bits per heavy atom. The van der Waals surface area contributed by atoms with Crippen LogP contribution in [0.25, 0.3) is 0 Å². The van der Waals surface area contributed by atoms with Crippen LogP contribution < -0.4 is 34.7 Å². The molecule has 22 heavy (non-hydrogen) atoms. The third kappa shape index (κ3) is 19.9. The SMILES string of the molecule is CCCCC/C=C\C/C=C\CCCCCC(O)CC(=O)[O-].[Na+]. The smallest absolute Gasteiger partial charge is 0.550 e. The molecule has 0 rings (SSSR count). The predicted octanol–water partition coefficient (Wildman–Crippen LogP) is 0.525. The van der Waals surface area contributed by atoms with Crippen LogP contribution in [-0.2, 0) is 4.79 Å². The Kier molecular flexibility index (Phi) is 20.8. The van der Waals surface area contributed by atoms with E-state index in [1.807, 2.05) is 0 Å². The van der Waals surface area contributed by atoms with Gasteiger partial charge in [-0.25, -0.2) is 0 Å². The molecule has 0 saturated carbocycles. The van der Waals surface area contributed by atoms with Crippen LogP contribution in [0.15, 0.2) is 24.3 Å². The molecule has 0 aromatic rings. The molecule has 0 saturated heterocycles.